The molecule has 0 aromatic heterocycles. The Morgan fingerprint density at radius 3 is 2.50 bits per heavy atom. The number of hydrogen-bond acceptors (Lipinski definition) is 3. The first kappa shape index (κ1) is 19.5. The van der Waals surface area contributed by atoms with E-state index in [2.05, 4.69) is 5.32 Å². The van der Waals surface area contributed by atoms with E-state index in [4.69, 9.17) is 5.11 Å². The first-order valence-corrected chi connectivity index (χ1v) is 8.99. The van der Waals surface area contributed by atoms with Crippen molar-refractivity contribution in [3.05, 3.63) is 65.5 Å². The number of nitrogens with zero attached hydrogens (tertiary/aromatic N) is 1. The highest BCUT2D eigenvalue weighted by atomic mass is 19.1. The van der Waals surface area contributed by atoms with Crippen molar-refractivity contribution in [1.82, 2.24) is 4.90 Å². The van der Waals surface area contributed by atoms with Crippen LogP contribution in [0.2, 0.25) is 0 Å². The molecule has 1 unspecified atom stereocenters. The molecule has 1 atom stereocenters. The minimum absolute atomic E-state index is 0.119. The average Bonchev–Trinajstić information content (AvgIpc) is 2.69. The van der Waals surface area contributed by atoms with E-state index in [0.29, 0.717) is 24.9 Å². The Morgan fingerprint density at radius 1 is 1.11 bits per heavy atom. The Balaban J connectivity index is 1.77. The average molecular weight is 384 g/mol. The summed E-state index contributed by atoms with van der Waals surface area (Å²) in [5.41, 5.74) is -0.662. The third kappa shape index (κ3) is 4.03. The molecule has 2 amide bonds. The number of aromatic carboxylic acids is 1. The molecular weight excluding hydrogens is 363 g/mol. The van der Waals surface area contributed by atoms with Crippen LogP contribution in [0, 0.1) is 11.2 Å². The molecule has 7 heteroatoms. The van der Waals surface area contributed by atoms with Crippen LogP contribution in [0.3, 0.4) is 0 Å². The van der Waals surface area contributed by atoms with Gasteiger partial charge in [0.2, 0.25) is 5.91 Å². The molecule has 1 aliphatic rings. The molecule has 0 bridgehead atoms. The molecule has 0 saturated carbocycles. The van der Waals surface area contributed by atoms with Crippen molar-refractivity contribution in [1.29, 1.82) is 0 Å². The molecule has 1 saturated heterocycles. The molecule has 0 radical (unpaired) electrons. The van der Waals surface area contributed by atoms with Crippen LogP contribution in [0.25, 0.3) is 0 Å². The lowest BCUT2D eigenvalue weighted by Gasteiger charge is -2.39. The second-order valence-electron chi connectivity index (χ2n) is 7.21. The van der Waals surface area contributed by atoms with Crippen LogP contribution >= 0.6 is 0 Å². The summed E-state index contributed by atoms with van der Waals surface area (Å²) in [4.78, 5) is 38.3. The van der Waals surface area contributed by atoms with Gasteiger partial charge in [-0.2, -0.15) is 0 Å². The maximum Gasteiger partial charge on any atom is 0.335 e. The highest BCUT2D eigenvalue weighted by Gasteiger charge is 2.39. The molecule has 2 N–H and O–H groups in total. The topological polar surface area (TPSA) is 86.7 Å². The molecule has 0 spiro atoms. The molecule has 28 heavy (non-hydrogen) atoms. The fourth-order valence-corrected chi connectivity index (χ4v) is 3.39. The van der Waals surface area contributed by atoms with Gasteiger partial charge in [-0.05, 0) is 50.1 Å². The van der Waals surface area contributed by atoms with E-state index in [0.717, 1.165) is 18.2 Å². The molecule has 3 rings (SSSR count). The summed E-state index contributed by atoms with van der Waals surface area (Å²) in [6, 6.07) is 12.1. The number of carboxylic acids is 1. The predicted octanol–water partition coefficient (Wildman–Crippen LogP) is 3.40. The van der Waals surface area contributed by atoms with Crippen molar-refractivity contribution < 1.29 is 23.9 Å². The van der Waals surface area contributed by atoms with Crippen LogP contribution in [0.15, 0.2) is 48.5 Å². The SMILES string of the molecule is CC1(C(=O)Nc2cc(C(=O)O)ccc2F)CCCN(C(=O)c2ccccc2)C1. The van der Waals surface area contributed by atoms with Gasteiger partial charge in [0.15, 0.2) is 0 Å². The number of carbonyl (C=O) groups is 3. The van der Waals surface area contributed by atoms with Gasteiger partial charge in [0.1, 0.15) is 5.82 Å². The third-order valence-corrected chi connectivity index (χ3v) is 5.01. The number of rotatable bonds is 4. The minimum Gasteiger partial charge on any atom is -0.478 e. The fourth-order valence-electron chi connectivity index (χ4n) is 3.39. The van der Waals surface area contributed by atoms with Crippen molar-refractivity contribution in [2.24, 2.45) is 5.41 Å². The van der Waals surface area contributed by atoms with Gasteiger partial charge in [-0.1, -0.05) is 18.2 Å². The van der Waals surface area contributed by atoms with Gasteiger partial charge in [0.25, 0.3) is 5.91 Å². The van der Waals surface area contributed by atoms with Gasteiger partial charge in [0, 0.05) is 18.7 Å². The maximum absolute atomic E-state index is 14.0. The van der Waals surface area contributed by atoms with Gasteiger partial charge < -0.3 is 15.3 Å². The van der Waals surface area contributed by atoms with Gasteiger partial charge in [0.05, 0.1) is 16.7 Å². The van der Waals surface area contributed by atoms with E-state index < -0.39 is 23.1 Å². The number of anilines is 1. The van der Waals surface area contributed by atoms with Crippen LogP contribution in [-0.2, 0) is 4.79 Å². The summed E-state index contributed by atoms with van der Waals surface area (Å²) < 4.78 is 14.0. The molecule has 2 aromatic rings. The lowest BCUT2D eigenvalue weighted by molar-refractivity contribution is -0.127. The van der Waals surface area contributed by atoms with Crippen LogP contribution in [0.4, 0.5) is 10.1 Å². The monoisotopic (exact) mass is 384 g/mol. The zero-order valence-electron chi connectivity index (χ0n) is 15.4. The number of carbonyl (C=O) groups excluding carboxylic acids is 2. The Labute approximate surface area is 162 Å². The summed E-state index contributed by atoms with van der Waals surface area (Å²) in [6.07, 6.45) is 1.18. The second kappa shape index (κ2) is 7.80. The summed E-state index contributed by atoms with van der Waals surface area (Å²) in [7, 11) is 0. The molecule has 0 aliphatic carbocycles. The standard InChI is InChI=1S/C21H21FN2O4/c1-21(20(28)23-17-12-15(19(26)27)8-9-16(17)22)10-5-11-24(13-21)18(25)14-6-3-2-4-7-14/h2-4,6-9,12H,5,10-11,13H2,1H3,(H,23,28)(H,26,27). The van der Waals surface area contributed by atoms with E-state index in [1.807, 2.05) is 6.07 Å². The van der Waals surface area contributed by atoms with Gasteiger partial charge in [-0.25, -0.2) is 9.18 Å². The van der Waals surface area contributed by atoms with Crippen molar-refractivity contribution in [2.45, 2.75) is 19.8 Å². The summed E-state index contributed by atoms with van der Waals surface area (Å²) >= 11 is 0. The van der Waals surface area contributed by atoms with Crippen molar-refractivity contribution in [3.63, 3.8) is 0 Å². The van der Waals surface area contributed by atoms with Crippen LogP contribution in [0.5, 0.6) is 0 Å². The molecule has 1 fully saturated rings. The first-order valence-electron chi connectivity index (χ1n) is 8.99. The van der Waals surface area contributed by atoms with Crippen molar-refractivity contribution in [3.8, 4) is 0 Å². The zero-order chi connectivity index (χ0) is 20.3. The number of piperidine rings is 1. The highest BCUT2D eigenvalue weighted by molar-refractivity contribution is 5.98. The summed E-state index contributed by atoms with van der Waals surface area (Å²) in [5.74, 6) is -2.52. The van der Waals surface area contributed by atoms with Gasteiger partial charge in [-0.15, -0.1) is 0 Å². The lowest BCUT2D eigenvalue weighted by Crippen LogP contribution is -2.50. The summed E-state index contributed by atoms with van der Waals surface area (Å²) in [5, 5.41) is 11.6. The van der Waals surface area contributed by atoms with Crippen LogP contribution in [0.1, 0.15) is 40.5 Å². The number of likely N-dealkylation sites (tertiary alicyclic amines) is 1. The van der Waals surface area contributed by atoms with E-state index in [1.54, 1.807) is 36.1 Å². The zero-order valence-corrected chi connectivity index (χ0v) is 15.4. The van der Waals surface area contributed by atoms with Crippen molar-refractivity contribution >= 4 is 23.5 Å². The molecule has 2 aromatic carbocycles. The van der Waals surface area contributed by atoms with E-state index in [9.17, 15) is 18.8 Å². The van der Waals surface area contributed by atoms with Crippen LogP contribution in [-0.4, -0.2) is 40.9 Å². The normalized spacial score (nSPS) is 19.1. The maximum atomic E-state index is 14.0. The molecule has 146 valence electrons. The Hall–Kier alpha value is -3.22. The Bertz CT molecular complexity index is 916. The quantitative estimate of drug-likeness (QED) is 0.846. The second-order valence-corrected chi connectivity index (χ2v) is 7.21. The predicted molar refractivity (Wildman–Crippen MR) is 102 cm³/mol. The first-order chi connectivity index (χ1) is 13.3. The van der Waals surface area contributed by atoms with E-state index in [1.165, 1.54) is 0 Å². The molecular formula is C21H21FN2O4. The number of hydrogen-bond donors (Lipinski definition) is 2. The van der Waals surface area contributed by atoms with Gasteiger partial charge in [-0.3, -0.25) is 9.59 Å². The number of amides is 2. The molecule has 6 nitrogen and oxygen atoms in total. The van der Waals surface area contributed by atoms with E-state index in [-0.39, 0.29) is 23.7 Å². The van der Waals surface area contributed by atoms with Gasteiger partial charge >= 0.3 is 5.97 Å². The fraction of sp³-hybridized carbons (Fsp3) is 0.286. The highest BCUT2D eigenvalue weighted by Crippen LogP contribution is 2.32. The number of halogens is 1. The Morgan fingerprint density at radius 2 is 1.82 bits per heavy atom. The third-order valence-electron chi connectivity index (χ3n) is 5.01. The number of nitrogens with one attached hydrogen (secondary N) is 1. The molecule has 1 aliphatic heterocycles. The van der Waals surface area contributed by atoms with Crippen LogP contribution < -0.4 is 5.32 Å². The van der Waals surface area contributed by atoms with Crippen molar-refractivity contribution in [2.75, 3.05) is 18.4 Å². The number of benzene rings is 2. The van der Waals surface area contributed by atoms with E-state index >= 15 is 0 Å². The Kier molecular flexibility index (Phi) is 5.44. The minimum atomic E-state index is -1.21. The number of carboxylic acid groups (broad SMARTS) is 1. The lowest BCUT2D eigenvalue weighted by atomic mass is 9.80. The largest absolute Gasteiger partial charge is 0.478 e. The smallest absolute Gasteiger partial charge is 0.335 e. The molecule has 1 heterocycles. The summed E-state index contributed by atoms with van der Waals surface area (Å²) in [6.45, 7) is 2.47.